The molecule has 0 bridgehead atoms. The van der Waals surface area contributed by atoms with Crippen LogP contribution in [0.1, 0.15) is 31.2 Å². The molecule has 0 saturated carbocycles. The molecule has 0 aromatic heterocycles. The number of hydrogen-bond acceptors (Lipinski definition) is 5. The van der Waals surface area contributed by atoms with Gasteiger partial charge in [0, 0.05) is 44.1 Å². The van der Waals surface area contributed by atoms with Crippen LogP contribution in [0.25, 0.3) is 0 Å². The number of anilines is 2. The highest BCUT2D eigenvalue weighted by atomic mass is 35.5. The summed E-state index contributed by atoms with van der Waals surface area (Å²) in [5, 5.41) is 13.9. The number of hydrogen-bond donors (Lipinski definition) is 2. The topological polar surface area (TPSA) is 59.6 Å². The van der Waals surface area contributed by atoms with Gasteiger partial charge in [0.2, 0.25) is 0 Å². The molecule has 0 spiro atoms. The van der Waals surface area contributed by atoms with E-state index in [1.807, 2.05) is 0 Å². The number of benzene rings is 1. The molecule has 0 aliphatic carbocycles. The normalized spacial score (nSPS) is 21.0. The summed E-state index contributed by atoms with van der Waals surface area (Å²) in [6.45, 7) is 3.42. The highest BCUT2D eigenvalue weighted by Gasteiger charge is 2.34. The Morgan fingerprint density at radius 1 is 1.08 bits per heavy atom. The Morgan fingerprint density at radius 2 is 1.73 bits per heavy atom. The van der Waals surface area contributed by atoms with E-state index in [0.717, 1.165) is 58.1 Å². The summed E-state index contributed by atoms with van der Waals surface area (Å²) < 4.78 is 44.2. The Morgan fingerprint density at radius 3 is 2.31 bits per heavy atom. The molecule has 0 amide bonds. The molecule has 26 heavy (non-hydrogen) atoms. The molecule has 2 aliphatic heterocycles. The predicted octanol–water partition coefficient (Wildman–Crippen LogP) is 4.32. The van der Waals surface area contributed by atoms with Crippen LogP contribution in [0.3, 0.4) is 0 Å². The largest absolute Gasteiger partial charge is 0.761 e. The van der Waals surface area contributed by atoms with Gasteiger partial charge in [-0.3, -0.25) is 0 Å². The zero-order valence-corrected chi connectivity index (χ0v) is 15.0. The molecule has 146 valence electrons. The second-order valence-electron chi connectivity index (χ2n) is 6.78. The number of nitrogens with one attached hydrogen (secondary N) is 2. The molecule has 1 aromatic carbocycles. The number of nitrogens with zero attached hydrogens (tertiary/aromatic N) is 1. The predicted molar refractivity (Wildman–Crippen MR) is 95.5 cm³/mol. The molecule has 0 unspecified atom stereocenters. The van der Waals surface area contributed by atoms with Crippen molar-refractivity contribution in [2.24, 2.45) is 0 Å². The molecule has 2 heterocycles. The van der Waals surface area contributed by atoms with E-state index in [0.29, 0.717) is 11.7 Å². The van der Waals surface area contributed by atoms with Crippen LogP contribution in [0, 0.1) is 5.21 Å². The second kappa shape index (κ2) is 8.21. The molecular weight excluding hydrogens is 371 g/mol. The molecule has 2 fully saturated rings. The van der Waals surface area contributed by atoms with Crippen molar-refractivity contribution in [2.75, 3.05) is 37.1 Å². The zero-order chi connectivity index (χ0) is 18.7. The van der Waals surface area contributed by atoms with E-state index in [9.17, 15) is 18.4 Å². The highest BCUT2D eigenvalue weighted by Crippen LogP contribution is 2.40. The fourth-order valence-corrected chi connectivity index (χ4v) is 3.94. The van der Waals surface area contributed by atoms with Crippen LogP contribution < -0.4 is 10.8 Å². The molecule has 5 nitrogen and oxygen atoms in total. The first kappa shape index (κ1) is 19.5. The molecule has 2 N–H and O–H groups in total. The third-order valence-corrected chi connectivity index (χ3v) is 5.43. The average Bonchev–Trinajstić information content (AvgIpc) is 2.62. The third kappa shape index (κ3) is 4.54. The number of halogens is 4. The molecule has 0 radical (unpaired) electrons. The Hall–Kier alpha value is -1.22. The lowest BCUT2D eigenvalue weighted by Crippen LogP contribution is -2.46. The van der Waals surface area contributed by atoms with Crippen molar-refractivity contribution in [1.29, 1.82) is 0 Å². The van der Waals surface area contributed by atoms with Crippen molar-refractivity contribution in [3.63, 3.8) is 0 Å². The standard InChI is InChI=1S/C17H22ClF3N3O2/c18-14-10-15(16(23-25)9-13(14)17(19,20)21)22-11-1-5-24(6-2-11)12-3-7-26-8-4-12/h9-12,22-23H,1-8H2/q-1. The van der Waals surface area contributed by atoms with E-state index < -0.39 is 16.8 Å². The van der Waals surface area contributed by atoms with Crippen LogP contribution in [-0.2, 0) is 10.9 Å². The van der Waals surface area contributed by atoms with Crippen LogP contribution in [0.4, 0.5) is 24.5 Å². The number of likely N-dealkylation sites (tertiary alicyclic amines) is 1. The van der Waals surface area contributed by atoms with Crippen LogP contribution in [-0.4, -0.2) is 43.3 Å². The van der Waals surface area contributed by atoms with Crippen LogP contribution in [0.15, 0.2) is 12.1 Å². The maximum Gasteiger partial charge on any atom is 0.417 e. The summed E-state index contributed by atoms with van der Waals surface area (Å²) in [6, 6.07) is 2.57. The Labute approximate surface area is 155 Å². The molecule has 0 atom stereocenters. The van der Waals surface area contributed by atoms with Gasteiger partial charge >= 0.3 is 6.18 Å². The molecule has 9 heteroatoms. The van der Waals surface area contributed by atoms with Crippen molar-refractivity contribution >= 4 is 23.0 Å². The zero-order valence-electron chi connectivity index (χ0n) is 14.2. The minimum atomic E-state index is -4.60. The number of rotatable bonds is 4. The van der Waals surface area contributed by atoms with Crippen LogP contribution >= 0.6 is 11.6 Å². The third-order valence-electron chi connectivity index (χ3n) is 5.12. The Bertz CT molecular complexity index is 616. The molecule has 2 aliphatic rings. The first-order valence-electron chi connectivity index (χ1n) is 8.75. The fourth-order valence-electron chi connectivity index (χ4n) is 3.67. The average molecular weight is 393 g/mol. The van der Waals surface area contributed by atoms with Crippen LogP contribution in [0.2, 0.25) is 5.02 Å². The van der Waals surface area contributed by atoms with Gasteiger partial charge in [-0.05, 0) is 37.8 Å². The van der Waals surface area contributed by atoms with Crippen molar-refractivity contribution in [3.05, 3.63) is 27.9 Å². The highest BCUT2D eigenvalue weighted by molar-refractivity contribution is 6.32. The molecule has 2 saturated heterocycles. The van der Waals surface area contributed by atoms with Gasteiger partial charge in [-0.25, -0.2) is 0 Å². The molecule has 3 rings (SSSR count). The summed E-state index contributed by atoms with van der Waals surface area (Å²) in [5.41, 5.74) is 0.737. The van der Waals surface area contributed by atoms with Gasteiger partial charge in [0.25, 0.3) is 0 Å². The van der Waals surface area contributed by atoms with E-state index in [4.69, 9.17) is 16.3 Å². The second-order valence-corrected chi connectivity index (χ2v) is 7.18. The fraction of sp³-hybridized carbons (Fsp3) is 0.647. The first-order valence-corrected chi connectivity index (χ1v) is 9.13. The van der Waals surface area contributed by atoms with Crippen molar-refractivity contribution in [3.8, 4) is 0 Å². The number of alkyl halides is 3. The summed E-state index contributed by atoms with van der Waals surface area (Å²) in [7, 11) is 0. The van der Waals surface area contributed by atoms with E-state index in [1.165, 1.54) is 6.07 Å². The quantitative estimate of drug-likeness (QED) is 0.747. The monoisotopic (exact) mass is 392 g/mol. The maximum absolute atomic E-state index is 12.9. The van der Waals surface area contributed by atoms with E-state index in [2.05, 4.69) is 10.2 Å². The maximum atomic E-state index is 12.9. The minimum Gasteiger partial charge on any atom is -0.761 e. The van der Waals surface area contributed by atoms with Gasteiger partial charge < -0.3 is 25.6 Å². The van der Waals surface area contributed by atoms with Gasteiger partial charge in [-0.2, -0.15) is 13.2 Å². The smallest absolute Gasteiger partial charge is 0.417 e. The van der Waals surface area contributed by atoms with Crippen LogP contribution in [0.5, 0.6) is 0 Å². The van der Waals surface area contributed by atoms with Crippen molar-refractivity contribution in [1.82, 2.24) is 4.90 Å². The summed E-state index contributed by atoms with van der Waals surface area (Å²) >= 11 is 5.78. The molecule has 1 aromatic rings. The molecular formula is C17H22ClF3N3O2-. The van der Waals surface area contributed by atoms with Crippen molar-refractivity contribution in [2.45, 2.75) is 43.9 Å². The summed E-state index contributed by atoms with van der Waals surface area (Å²) in [6.07, 6.45) is -0.813. The minimum absolute atomic E-state index is 0.0889. The van der Waals surface area contributed by atoms with Gasteiger partial charge in [0.05, 0.1) is 16.3 Å². The Balaban J connectivity index is 1.63. The van der Waals surface area contributed by atoms with E-state index in [-0.39, 0.29) is 11.7 Å². The Kier molecular flexibility index (Phi) is 6.17. The SMILES string of the molecule is [O-]Nc1cc(C(F)(F)F)c(Cl)cc1NC1CCN(C2CCOCC2)CC1. The van der Waals surface area contributed by atoms with E-state index in [1.54, 1.807) is 5.48 Å². The first-order chi connectivity index (χ1) is 12.4. The van der Waals surface area contributed by atoms with Gasteiger partial charge in [-0.15, -0.1) is 0 Å². The lowest BCUT2D eigenvalue weighted by Gasteiger charge is -2.39. The van der Waals surface area contributed by atoms with Gasteiger partial charge in [0.1, 0.15) is 0 Å². The number of ether oxygens (including phenoxy) is 1. The summed E-state index contributed by atoms with van der Waals surface area (Å²) in [4.78, 5) is 2.45. The van der Waals surface area contributed by atoms with Gasteiger partial charge in [0.15, 0.2) is 0 Å². The summed E-state index contributed by atoms with van der Waals surface area (Å²) in [5.74, 6) is 0. The lowest BCUT2D eigenvalue weighted by molar-refractivity contribution is -0.137. The number of piperidine rings is 1. The van der Waals surface area contributed by atoms with E-state index >= 15 is 0 Å². The van der Waals surface area contributed by atoms with Gasteiger partial charge in [-0.1, -0.05) is 11.6 Å². The lowest BCUT2D eigenvalue weighted by atomic mass is 9.99. The van der Waals surface area contributed by atoms with Crippen molar-refractivity contribution < 1.29 is 17.9 Å².